The topological polar surface area (TPSA) is 79.2 Å². The van der Waals surface area contributed by atoms with Gasteiger partial charge in [0.15, 0.2) is 12.4 Å². The molecule has 1 N–H and O–H groups in total. The first-order valence-electron chi connectivity index (χ1n) is 8.03. The molecule has 1 saturated carbocycles. The Morgan fingerprint density at radius 3 is 2.74 bits per heavy atom. The van der Waals surface area contributed by atoms with Crippen LogP contribution in [-0.4, -0.2) is 24.3 Å². The summed E-state index contributed by atoms with van der Waals surface area (Å²) < 4.78 is 5.42. The van der Waals surface area contributed by atoms with Crippen molar-refractivity contribution in [1.82, 2.24) is 5.32 Å². The van der Waals surface area contributed by atoms with Crippen molar-refractivity contribution in [3.63, 3.8) is 0 Å². The Balaban J connectivity index is 1.85. The van der Waals surface area contributed by atoms with E-state index in [1.807, 2.05) is 0 Å². The van der Waals surface area contributed by atoms with Crippen molar-refractivity contribution >= 4 is 11.7 Å². The third kappa shape index (κ3) is 5.10. The van der Waals surface area contributed by atoms with Crippen molar-refractivity contribution in [3.05, 3.63) is 29.8 Å². The highest BCUT2D eigenvalue weighted by Crippen LogP contribution is 2.26. The summed E-state index contributed by atoms with van der Waals surface area (Å²) in [5, 5.41) is 12.0. The zero-order chi connectivity index (χ0) is 16.7. The smallest absolute Gasteiger partial charge is 0.258 e. The number of benzene rings is 1. The number of hydrogen-bond donors (Lipinski definition) is 1. The number of Topliss-reactive ketones (excluding diaryl/α,β-unsaturated/α-hetero) is 1. The predicted molar refractivity (Wildman–Crippen MR) is 86.1 cm³/mol. The van der Waals surface area contributed by atoms with Gasteiger partial charge in [-0.25, -0.2) is 0 Å². The molecule has 2 rings (SSSR count). The molecule has 1 aromatic rings. The van der Waals surface area contributed by atoms with E-state index in [-0.39, 0.29) is 24.2 Å². The Kier molecular flexibility index (Phi) is 6.16. The summed E-state index contributed by atoms with van der Waals surface area (Å²) in [6.45, 7) is 1.32. The largest absolute Gasteiger partial charge is 0.484 e. The molecule has 1 fully saturated rings. The molecule has 1 atom stereocenters. The maximum absolute atomic E-state index is 12.0. The first kappa shape index (κ1) is 17.0. The number of carbonyl (C=O) groups is 2. The Morgan fingerprint density at radius 1 is 1.35 bits per heavy atom. The molecule has 1 aromatic carbocycles. The molecule has 0 aromatic heterocycles. The molecule has 0 spiro atoms. The summed E-state index contributed by atoms with van der Waals surface area (Å²) in [6.07, 6.45) is 5.42. The van der Waals surface area contributed by atoms with Crippen LogP contribution >= 0.6 is 0 Å². The van der Waals surface area contributed by atoms with Crippen molar-refractivity contribution < 1.29 is 14.3 Å². The number of ether oxygens (including phenoxy) is 1. The minimum absolute atomic E-state index is 0.0539. The van der Waals surface area contributed by atoms with Crippen LogP contribution in [0.3, 0.4) is 0 Å². The second-order valence-corrected chi connectivity index (χ2v) is 5.95. The molecule has 5 nitrogen and oxygen atoms in total. The number of nitriles is 1. The quantitative estimate of drug-likeness (QED) is 0.819. The van der Waals surface area contributed by atoms with E-state index >= 15 is 0 Å². The molecule has 0 radical (unpaired) electrons. The monoisotopic (exact) mass is 314 g/mol. The molecule has 0 heterocycles. The molecule has 0 aliphatic heterocycles. The number of hydrogen-bond acceptors (Lipinski definition) is 4. The van der Waals surface area contributed by atoms with Gasteiger partial charge in [0.25, 0.3) is 5.91 Å². The van der Waals surface area contributed by atoms with E-state index in [0.717, 1.165) is 25.7 Å². The molecule has 1 aliphatic rings. The van der Waals surface area contributed by atoms with Gasteiger partial charge in [0.1, 0.15) is 11.8 Å². The highest BCUT2D eigenvalue weighted by Gasteiger charge is 2.24. The van der Waals surface area contributed by atoms with Crippen molar-refractivity contribution in [2.24, 2.45) is 5.92 Å². The Hall–Kier alpha value is -2.35. The first-order chi connectivity index (χ1) is 11.1. The van der Waals surface area contributed by atoms with Gasteiger partial charge in [-0.3, -0.25) is 9.59 Å². The lowest BCUT2D eigenvalue weighted by Gasteiger charge is -2.26. The second-order valence-electron chi connectivity index (χ2n) is 5.95. The fourth-order valence-electron chi connectivity index (χ4n) is 2.89. The summed E-state index contributed by atoms with van der Waals surface area (Å²) in [5.74, 6) is 0.342. The van der Waals surface area contributed by atoms with E-state index in [1.165, 1.54) is 13.3 Å². The molecule has 0 unspecified atom stereocenters. The van der Waals surface area contributed by atoms with E-state index in [4.69, 9.17) is 4.74 Å². The van der Waals surface area contributed by atoms with Crippen molar-refractivity contribution in [3.8, 4) is 11.8 Å². The van der Waals surface area contributed by atoms with Gasteiger partial charge in [-0.1, -0.05) is 31.4 Å². The number of nitrogens with one attached hydrogen (secondary N) is 1. The number of ketones is 1. The fraction of sp³-hybridized carbons (Fsp3) is 0.500. The zero-order valence-corrected chi connectivity index (χ0v) is 13.4. The van der Waals surface area contributed by atoms with E-state index in [2.05, 4.69) is 11.4 Å². The number of amides is 1. The molecule has 1 amide bonds. The third-order valence-electron chi connectivity index (χ3n) is 4.19. The van der Waals surface area contributed by atoms with Gasteiger partial charge in [-0.2, -0.15) is 5.26 Å². The van der Waals surface area contributed by atoms with Gasteiger partial charge in [-0.05, 0) is 37.8 Å². The van der Waals surface area contributed by atoms with E-state index in [0.29, 0.717) is 11.3 Å². The minimum atomic E-state index is -0.449. The first-order valence-corrected chi connectivity index (χ1v) is 8.03. The second kappa shape index (κ2) is 8.33. The Bertz CT molecular complexity index is 601. The maximum Gasteiger partial charge on any atom is 0.258 e. The molecule has 23 heavy (non-hydrogen) atoms. The highest BCUT2D eigenvalue weighted by atomic mass is 16.5. The fourth-order valence-corrected chi connectivity index (χ4v) is 2.89. The number of rotatable bonds is 6. The molecular formula is C18H22N2O3. The van der Waals surface area contributed by atoms with Gasteiger partial charge in [0, 0.05) is 5.56 Å². The van der Waals surface area contributed by atoms with Crippen LogP contribution < -0.4 is 10.1 Å². The molecular weight excluding hydrogens is 292 g/mol. The number of nitrogens with zero attached hydrogens (tertiary/aromatic N) is 1. The van der Waals surface area contributed by atoms with Crippen molar-refractivity contribution in [1.29, 1.82) is 5.26 Å². The van der Waals surface area contributed by atoms with Crippen LogP contribution in [0.15, 0.2) is 24.3 Å². The Labute approximate surface area is 136 Å². The molecule has 5 heteroatoms. The molecule has 1 aliphatic carbocycles. The van der Waals surface area contributed by atoms with Crippen LogP contribution in [0.5, 0.6) is 5.75 Å². The molecule has 0 saturated heterocycles. The Morgan fingerprint density at radius 2 is 2.09 bits per heavy atom. The standard InChI is InChI=1S/C18H22N2O3/c1-13(21)15-8-5-9-16(10-15)23-12-18(22)20-17(11-19)14-6-3-2-4-7-14/h5,8-10,14,17H,2-4,6-7,12H2,1H3,(H,20,22)/t17-/m0/s1. The van der Waals surface area contributed by atoms with Gasteiger partial charge in [0.2, 0.25) is 0 Å². The van der Waals surface area contributed by atoms with Gasteiger partial charge < -0.3 is 10.1 Å². The van der Waals surface area contributed by atoms with E-state index < -0.39 is 6.04 Å². The lowest BCUT2D eigenvalue weighted by molar-refractivity contribution is -0.123. The van der Waals surface area contributed by atoms with Gasteiger partial charge in [-0.15, -0.1) is 0 Å². The van der Waals surface area contributed by atoms with Gasteiger partial charge >= 0.3 is 0 Å². The summed E-state index contributed by atoms with van der Waals surface area (Å²) in [5.41, 5.74) is 0.542. The number of carbonyl (C=O) groups excluding carboxylic acids is 2. The van der Waals surface area contributed by atoms with Crippen LogP contribution in [0.2, 0.25) is 0 Å². The van der Waals surface area contributed by atoms with Crippen molar-refractivity contribution in [2.75, 3.05) is 6.61 Å². The maximum atomic E-state index is 12.0. The average Bonchev–Trinajstić information content (AvgIpc) is 2.59. The van der Waals surface area contributed by atoms with Gasteiger partial charge in [0.05, 0.1) is 6.07 Å². The predicted octanol–water partition coefficient (Wildman–Crippen LogP) is 2.86. The SMILES string of the molecule is CC(=O)c1cccc(OCC(=O)N[C@@H](C#N)C2CCCCC2)c1. The lowest BCUT2D eigenvalue weighted by Crippen LogP contribution is -2.42. The van der Waals surface area contributed by atoms with E-state index in [9.17, 15) is 14.9 Å². The van der Waals surface area contributed by atoms with Crippen LogP contribution in [0.25, 0.3) is 0 Å². The highest BCUT2D eigenvalue weighted by molar-refractivity contribution is 5.94. The van der Waals surface area contributed by atoms with Crippen LogP contribution in [0.4, 0.5) is 0 Å². The molecule has 0 bridgehead atoms. The zero-order valence-electron chi connectivity index (χ0n) is 13.4. The normalized spacial score (nSPS) is 16.2. The summed E-state index contributed by atoms with van der Waals surface area (Å²) in [6, 6.07) is 8.46. The molecule has 122 valence electrons. The lowest BCUT2D eigenvalue weighted by atomic mass is 9.84. The van der Waals surface area contributed by atoms with Crippen LogP contribution in [0.1, 0.15) is 49.4 Å². The van der Waals surface area contributed by atoms with Crippen LogP contribution in [0, 0.1) is 17.2 Å². The van der Waals surface area contributed by atoms with Crippen molar-refractivity contribution in [2.45, 2.75) is 45.1 Å². The minimum Gasteiger partial charge on any atom is -0.484 e. The van der Waals surface area contributed by atoms with E-state index in [1.54, 1.807) is 24.3 Å². The summed E-state index contributed by atoms with van der Waals surface area (Å²) in [7, 11) is 0. The average molecular weight is 314 g/mol. The third-order valence-corrected chi connectivity index (χ3v) is 4.19. The summed E-state index contributed by atoms with van der Waals surface area (Å²) in [4.78, 5) is 23.3. The van der Waals surface area contributed by atoms with Crippen LogP contribution in [-0.2, 0) is 4.79 Å². The summed E-state index contributed by atoms with van der Waals surface area (Å²) >= 11 is 0.